The van der Waals surface area contributed by atoms with E-state index in [0.29, 0.717) is 0 Å². The molecule has 232 valence electrons. The van der Waals surface area contributed by atoms with Crippen molar-refractivity contribution in [2.24, 2.45) is 0 Å². The number of hydrogen-bond donors (Lipinski definition) is 0. The highest BCUT2D eigenvalue weighted by atomic mass is 32.1. The van der Waals surface area contributed by atoms with Crippen molar-refractivity contribution in [2.75, 3.05) is 0 Å². The van der Waals surface area contributed by atoms with Crippen LogP contribution in [0, 0.1) is 0 Å². The lowest BCUT2D eigenvalue weighted by Crippen LogP contribution is -2.25. The van der Waals surface area contributed by atoms with E-state index in [0.717, 1.165) is 0 Å². The number of hydrogen-bond acceptors (Lipinski definition) is 1. The van der Waals surface area contributed by atoms with Crippen molar-refractivity contribution < 1.29 is 0 Å². The third-order valence-corrected chi connectivity index (χ3v) is 12.3. The summed E-state index contributed by atoms with van der Waals surface area (Å²) >= 11 is 1.94. The van der Waals surface area contributed by atoms with E-state index in [1.54, 1.807) is 0 Å². The molecule has 2 aliphatic rings. The molecule has 0 saturated heterocycles. The van der Waals surface area contributed by atoms with Gasteiger partial charge in [0.1, 0.15) is 0 Å². The van der Waals surface area contributed by atoms with Crippen LogP contribution in [0.15, 0.2) is 176 Å². The maximum absolute atomic E-state index is 2.51. The maximum atomic E-state index is 2.51. The third-order valence-electron chi connectivity index (χ3n) is 11.1. The molecule has 2 aliphatic carbocycles. The van der Waals surface area contributed by atoms with Gasteiger partial charge >= 0.3 is 0 Å². The van der Waals surface area contributed by atoms with E-state index in [9.17, 15) is 0 Å². The first-order chi connectivity index (χ1) is 24.8. The number of thiophene rings is 1. The maximum Gasteiger partial charge on any atom is 0.0740 e. The number of rotatable bonds is 3. The summed E-state index contributed by atoms with van der Waals surface area (Å²) in [6.45, 7) is 0. The fourth-order valence-corrected chi connectivity index (χ4v) is 10.4. The fourth-order valence-electron chi connectivity index (χ4n) is 9.08. The number of benzene rings is 8. The van der Waals surface area contributed by atoms with Crippen LogP contribution in [0.4, 0.5) is 0 Å². The first-order valence-electron chi connectivity index (χ1n) is 17.3. The third kappa shape index (κ3) is 3.70. The van der Waals surface area contributed by atoms with Crippen LogP contribution >= 0.6 is 11.3 Å². The second-order valence-corrected chi connectivity index (χ2v) is 14.6. The van der Waals surface area contributed by atoms with Crippen LogP contribution in [0.5, 0.6) is 0 Å². The monoisotopic (exact) mass is 650 g/mol. The van der Waals surface area contributed by atoms with Crippen molar-refractivity contribution >= 4 is 54.6 Å². The van der Waals surface area contributed by atoms with E-state index >= 15 is 0 Å². The summed E-state index contributed by atoms with van der Waals surface area (Å²) in [6, 6.07) is 65.4. The zero-order valence-electron chi connectivity index (χ0n) is 27.2. The fraction of sp³-hybridized carbons (Fsp3) is 0.0204. The van der Waals surface area contributed by atoms with Gasteiger partial charge in [-0.25, -0.2) is 0 Å². The molecule has 1 heterocycles. The van der Waals surface area contributed by atoms with Gasteiger partial charge in [-0.2, -0.15) is 0 Å². The molecule has 0 radical (unpaired) electrons. The van der Waals surface area contributed by atoms with Crippen LogP contribution in [0.2, 0.25) is 0 Å². The van der Waals surface area contributed by atoms with Crippen molar-refractivity contribution in [1.82, 2.24) is 0 Å². The lowest BCUT2D eigenvalue weighted by atomic mass is 9.70. The molecular weight excluding hydrogens is 621 g/mol. The Labute approximate surface area is 295 Å². The molecule has 1 aromatic heterocycles. The van der Waals surface area contributed by atoms with Crippen LogP contribution in [0.1, 0.15) is 38.9 Å². The largest absolute Gasteiger partial charge is 0.135 e. The Morgan fingerprint density at radius 1 is 0.440 bits per heavy atom. The molecule has 0 atom stereocenters. The molecular formula is C49H30S. The minimum Gasteiger partial charge on any atom is -0.135 e. The van der Waals surface area contributed by atoms with Crippen LogP contribution in [-0.2, 0) is 5.41 Å². The van der Waals surface area contributed by atoms with Crippen molar-refractivity contribution in [2.45, 2.75) is 5.41 Å². The molecule has 50 heavy (non-hydrogen) atoms. The minimum absolute atomic E-state index is 0.389. The topological polar surface area (TPSA) is 0 Å². The van der Waals surface area contributed by atoms with Gasteiger partial charge in [0.2, 0.25) is 0 Å². The summed E-state index contributed by atoms with van der Waals surface area (Å²) in [4.78, 5) is 1.39. The van der Waals surface area contributed by atoms with E-state index in [1.807, 2.05) is 11.3 Å². The Kier molecular flexibility index (Phi) is 5.85. The predicted molar refractivity (Wildman–Crippen MR) is 213 cm³/mol. The molecule has 11 rings (SSSR count). The smallest absolute Gasteiger partial charge is 0.0740 e. The van der Waals surface area contributed by atoms with Crippen LogP contribution in [0.25, 0.3) is 64.8 Å². The lowest BCUT2D eigenvalue weighted by molar-refractivity contribution is 0.802. The molecule has 8 aromatic carbocycles. The van der Waals surface area contributed by atoms with E-state index in [1.165, 1.54) is 97.7 Å². The first kappa shape index (κ1) is 27.9. The highest BCUT2D eigenvalue weighted by molar-refractivity contribution is 7.22. The van der Waals surface area contributed by atoms with Crippen LogP contribution < -0.4 is 0 Å². The van der Waals surface area contributed by atoms with Crippen molar-refractivity contribution in [3.63, 3.8) is 0 Å². The second kappa shape index (κ2) is 10.5. The average molecular weight is 651 g/mol. The minimum atomic E-state index is -0.389. The van der Waals surface area contributed by atoms with Gasteiger partial charge in [-0.15, -0.1) is 11.3 Å². The highest BCUT2D eigenvalue weighted by Crippen LogP contribution is 2.66. The van der Waals surface area contributed by atoms with Gasteiger partial charge in [0.25, 0.3) is 0 Å². The summed E-state index contributed by atoms with van der Waals surface area (Å²) < 4.78 is 1.35. The summed E-state index contributed by atoms with van der Waals surface area (Å²) in [6.07, 6.45) is 2.44. The molecule has 0 saturated carbocycles. The first-order valence-corrected chi connectivity index (χ1v) is 18.2. The zero-order valence-corrected chi connectivity index (χ0v) is 28.0. The Morgan fingerprint density at radius 2 is 0.980 bits per heavy atom. The number of fused-ring (bicyclic) bond motifs is 14. The van der Waals surface area contributed by atoms with E-state index in [4.69, 9.17) is 0 Å². The zero-order chi connectivity index (χ0) is 32.8. The van der Waals surface area contributed by atoms with Gasteiger partial charge in [0, 0.05) is 9.58 Å². The molecule has 1 spiro atoms. The Bertz CT molecular complexity index is 2740. The Balaban J connectivity index is 1.23. The molecule has 0 unspecified atom stereocenters. The SMILES string of the molecule is C(=C(c1cccc2ccccc12)c1cccc2ccccc12)c1ccc2c(c1)C1(c3ccccc3-c3ccccc31)c1c-2sc2ccccc12. The van der Waals surface area contributed by atoms with Crippen LogP contribution in [0.3, 0.4) is 0 Å². The van der Waals surface area contributed by atoms with E-state index in [-0.39, 0.29) is 5.41 Å². The van der Waals surface area contributed by atoms with Gasteiger partial charge in [0.05, 0.1) is 5.41 Å². The quantitative estimate of drug-likeness (QED) is 0.167. The van der Waals surface area contributed by atoms with Gasteiger partial charge in [-0.1, -0.05) is 164 Å². The molecule has 0 nitrogen and oxygen atoms in total. The molecule has 0 N–H and O–H groups in total. The second-order valence-electron chi connectivity index (χ2n) is 13.6. The van der Waals surface area contributed by atoms with E-state index < -0.39 is 0 Å². The predicted octanol–water partition coefficient (Wildman–Crippen LogP) is 13.1. The van der Waals surface area contributed by atoms with Crippen molar-refractivity contribution in [3.8, 4) is 21.6 Å². The molecule has 9 aromatic rings. The summed E-state index contributed by atoms with van der Waals surface area (Å²) in [5.74, 6) is 0. The summed E-state index contributed by atoms with van der Waals surface area (Å²) in [5, 5.41) is 6.39. The van der Waals surface area contributed by atoms with Crippen molar-refractivity contribution in [1.29, 1.82) is 0 Å². The Hall–Kier alpha value is -6.02. The normalized spacial score (nSPS) is 13.4. The van der Waals surface area contributed by atoms with Crippen molar-refractivity contribution in [3.05, 3.63) is 215 Å². The molecule has 0 bridgehead atoms. The molecule has 0 fully saturated rings. The van der Waals surface area contributed by atoms with Gasteiger partial charge in [-0.05, 0) is 106 Å². The Morgan fingerprint density at radius 3 is 1.64 bits per heavy atom. The highest BCUT2D eigenvalue weighted by Gasteiger charge is 2.53. The molecule has 0 amide bonds. The van der Waals surface area contributed by atoms with Crippen LogP contribution in [-0.4, -0.2) is 0 Å². The molecule has 0 aliphatic heterocycles. The summed E-state index contributed by atoms with van der Waals surface area (Å²) in [7, 11) is 0. The van der Waals surface area contributed by atoms with Gasteiger partial charge < -0.3 is 0 Å². The molecule has 1 heteroatoms. The standard InChI is InChI=1S/C49H30S/c1-3-17-34-32(13-1)15-11-22-36(34)42(37-23-12-16-33-14-2-4-18-35(33)37)29-31-27-28-40-45(30-31)49(47-41-21-7-10-26-46(41)50-48(40)47)43-24-8-5-19-38(43)39-20-6-9-25-44(39)49/h1-30H. The summed E-state index contributed by atoms with van der Waals surface area (Å²) in [5.41, 5.74) is 14.2. The van der Waals surface area contributed by atoms with E-state index in [2.05, 4.69) is 182 Å². The van der Waals surface area contributed by atoms with Gasteiger partial charge in [-0.3, -0.25) is 0 Å². The van der Waals surface area contributed by atoms with Gasteiger partial charge in [0.15, 0.2) is 0 Å². The average Bonchev–Trinajstić information content (AvgIpc) is 3.80. The lowest BCUT2D eigenvalue weighted by Gasteiger charge is -2.30.